The van der Waals surface area contributed by atoms with E-state index < -0.39 is 0 Å². The zero-order valence-electron chi connectivity index (χ0n) is 9.76. The minimum atomic E-state index is 0.478. The fraction of sp³-hybridized carbons (Fsp3) is 0.364. The lowest BCUT2D eigenvalue weighted by molar-refractivity contribution is 0.412. The van der Waals surface area contributed by atoms with Crippen LogP contribution in [0.25, 0.3) is 0 Å². The average molecular weight is 246 g/mol. The molecule has 3 rings (SSSR count). The van der Waals surface area contributed by atoms with E-state index in [9.17, 15) is 0 Å². The van der Waals surface area contributed by atoms with Gasteiger partial charge in [-0.2, -0.15) is 0 Å². The molecule has 18 heavy (non-hydrogen) atoms. The third kappa shape index (κ3) is 2.40. The summed E-state index contributed by atoms with van der Waals surface area (Å²) in [4.78, 5) is 8.80. The fourth-order valence-corrected chi connectivity index (χ4v) is 1.66. The molecule has 1 saturated carbocycles. The average Bonchev–Trinajstić information content (AvgIpc) is 3.13. The molecule has 0 aliphatic heterocycles. The maximum atomic E-state index is 5.40. The van der Waals surface area contributed by atoms with Crippen LogP contribution in [0.1, 0.15) is 30.3 Å². The molecule has 4 N–H and O–H groups in total. The van der Waals surface area contributed by atoms with Crippen LogP contribution in [0.15, 0.2) is 22.9 Å². The molecule has 1 fully saturated rings. The monoisotopic (exact) mass is 246 g/mol. The molecule has 0 radical (unpaired) electrons. The van der Waals surface area contributed by atoms with E-state index in [2.05, 4.69) is 25.9 Å². The quantitative estimate of drug-likeness (QED) is 0.538. The molecule has 0 aromatic carbocycles. The van der Waals surface area contributed by atoms with E-state index in [0.717, 1.165) is 30.2 Å². The Balaban J connectivity index is 1.75. The van der Waals surface area contributed by atoms with Crippen molar-refractivity contribution >= 4 is 11.6 Å². The number of rotatable bonds is 5. The maximum absolute atomic E-state index is 5.40. The molecule has 1 aliphatic rings. The van der Waals surface area contributed by atoms with Crippen LogP contribution in [0.5, 0.6) is 0 Å². The normalized spacial score (nSPS) is 14.5. The Hall–Kier alpha value is -2.15. The molecule has 0 saturated heterocycles. The van der Waals surface area contributed by atoms with E-state index in [0.29, 0.717) is 18.3 Å². The summed E-state index contributed by atoms with van der Waals surface area (Å²) in [6, 6.07) is 3.57. The molecule has 1 aliphatic carbocycles. The molecular formula is C11H14N6O. The Morgan fingerprint density at radius 3 is 2.83 bits per heavy atom. The highest BCUT2D eigenvalue weighted by Gasteiger charge is 2.27. The molecule has 7 heteroatoms. The molecule has 94 valence electrons. The van der Waals surface area contributed by atoms with Gasteiger partial charge >= 0.3 is 0 Å². The van der Waals surface area contributed by atoms with Gasteiger partial charge < -0.3 is 15.3 Å². The van der Waals surface area contributed by atoms with Gasteiger partial charge in [-0.1, -0.05) is 5.16 Å². The summed E-state index contributed by atoms with van der Waals surface area (Å²) in [7, 11) is 0. The van der Waals surface area contributed by atoms with E-state index in [1.54, 1.807) is 18.4 Å². The van der Waals surface area contributed by atoms with Crippen LogP contribution in [0, 0.1) is 0 Å². The lowest BCUT2D eigenvalue weighted by Crippen LogP contribution is -2.12. The van der Waals surface area contributed by atoms with Gasteiger partial charge in [0, 0.05) is 18.1 Å². The van der Waals surface area contributed by atoms with E-state index in [4.69, 9.17) is 10.4 Å². The molecule has 0 atom stereocenters. The second-order valence-corrected chi connectivity index (χ2v) is 4.26. The first-order valence-corrected chi connectivity index (χ1v) is 5.84. The second kappa shape index (κ2) is 4.61. The third-order valence-corrected chi connectivity index (χ3v) is 2.78. The zero-order chi connectivity index (χ0) is 12.4. The van der Waals surface area contributed by atoms with Crippen LogP contribution in [0.2, 0.25) is 0 Å². The van der Waals surface area contributed by atoms with Crippen LogP contribution in [0.3, 0.4) is 0 Å². The van der Waals surface area contributed by atoms with Crippen molar-refractivity contribution in [2.75, 3.05) is 10.7 Å². The molecule has 0 spiro atoms. The van der Waals surface area contributed by atoms with Crippen molar-refractivity contribution in [3.8, 4) is 0 Å². The van der Waals surface area contributed by atoms with Gasteiger partial charge in [0.2, 0.25) is 0 Å². The van der Waals surface area contributed by atoms with E-state index in [1.807, 2.05) is 0 Å². The van der Waals surface area contributed by atoms with Crippen molar-refractivity contribution in [3.63, 3.8) is 0 Å². The summed E-state index contributed by atoms with van der Waals surface area (Å²) in [5.74, 6) is 8.08. The second-order valence-electron chi connectivity index (χ2n) is 4.26. The number of nitrogens with two attached hydrogens (primary N) is 1. The smallest absolute Gasteiger partial charge is 0.145 e. The van der Waals surface area contributed by atoms with Gasteiger partial charge in [0.05, 0.1) is 6.54 Å². The maximum Gasteiger partial charge on any atom is 0.145 e. The SMILES string of the molecule is NNc1cc(NCc2ccon2)nc(C2CC2)n1. The number of nitrogens with one attached hydrogen (secondary N) is 2. The molecule has 7 nitrogen and oxygen atoms in total. The van der Waals surface area contributed by atoms with E-state index in [1.165, 1.54) is 0 Å². The van der Waals surface area contributed by atoms with Crippen molar-refractivity contribution in [3.05, 3.63) is 29.9 Å². The van der Waals surface area contributed by atoms with Crippen molar-refractivity contribution in [2.45, 2.75) is 25.3 Å². The first kappa shape index (κ1) is 11.0. The van der Waals surface area contributed by atoms with Crippen LogP contribution in [-0.2, 0) is 6.54 Å². The largest absolute Gasteiger partial charge is 0.364 e. The van der Waals surface area contributed by atoms with Crippen molar-refractivity contribution in [2.24, 2.45) is 5.84 Å². The van der Waals surface area contributed by atoms with Gasteiger partial charge in [-0.05, 0) is 12.8 Å². The lowest BCUT2D eigenvalue weighted by Gasteiger charge is -2.08. The molecule has 0 amide bonds. The van der Waals surface area contributed by atoms with Gasteiger partial charge in [0.1, 0.15) is 29.4 Å². The summed E-state index contributed by atoms with van der Waals surface area (Å²) in [5, 5.41) is 7.00. The van der Waals surface area contributed by atoms with Gasteiger partial charge in [-0.15, -0.1) is 0 Å². The van der Waals surface area contributed by atoms with Gasteiger partial charge in [0.15, 0.2) is 0 Å². The van der Waals surface area contributed by atoms with E-state index >= 15 is 0 Å². The number of nitrogens with zero attached hydrogens (tertiary/aromatic N) is 3. The predicted molar refractivity (Wildman–Crippen MR) is 65.6 cm³/mol. The molecule has 0 unspecified atom stereocenters. The number of hydrazine groups is 1. The molecule has 2 aromatic rings. The number of aromatic nitrogens is 3. The third-order valence-electron chi connectivity index (χ3n) is 2.78. The zero-order valence-corrected chi connectivity index (χ0v) is 9.76. The molecule has 2 heterocycles. The number of anilines is 2. The van der Waals surface area contributed by atoms with E-state index in [-0.39, 0.29) is 0 Å². The minimum Gasteiger partial charge on any atom is -0.364 e. The summed E-state index contributed by atoms with van der Waals surface area (Å²) in [6.45, 7) is 0.557. The van der Waals surface area contributed by atoms with Gasteiger partial charge in [0.25, 0.3) is 0 Å². The standard InChI is InChI=1S/C11H14N6O/c12-16-10-5-9(13-6-8-3-4-18-17-8)14-11(15-10)7-1-2-7/h3-5,7H,1-2,6,12H2,(H2,13,14,15,16). The van der Waals surface area contributed by atoms with Crippen LogP contribution in [-0.4, -0.2) is 15.1 Å². The van der Waals surface area contributed by atoms with Crippen molar-refractivity contribution in [1.82, 2.24) is 15.1 Å². The van der Waals surface area contributed by atoms with Crippen LogP contribution < -0.4 is 16.6 Å². The first-order valence-electron chi connectivity index (χ1n) is 5.84. The van der Waals surface area contributed by atoms with Crippen LogP contribution >= 0.6 is 0 Å². The highest BCUT2D eigenvalue weighted by molar-refractivity contribution is 5.47. The molecule has 2 aromatic heterocycles. The number of hydrogen-bond donors (Lipinski definition) is 3. The summed E-state index contributed by atoms with van der Waals surface area (Å²) in [5.41, 5.74) is 3.38. The van der Waals surface area contributed by atoms with Gasteiger partial charge in [-0.3, -0.25) is 0 Å². The summed E-state index contributed by atoms with van der Waals surface area (Å²) < 4.78 is 4.76. The summed E-state index contributed by atoms with van der Waals surface area (Å²) in [6.07, 6.45) is 3.84. The Kier molecular flexibility index (Phi) is 2.81. The topological polar surface area (TPSA) is 102 Å². The minimum absolute atomic E-state index is 0.478. The Morgan fingerprint density at radius 2 is 2.17 bits per heavy atom. The Bertz CT molecular complexity index is 522. The summed E-state index contributed by atoms with van der Waals surface area (Å²) >= 11 is 0. The predicted octanol–water partition coefficient (Wildman–Crippen LogP) is 1.24. The van der Waals surface area contributed by atoms with Crippen molar-refractivity contribution < 1.29 is 4.52 Å². The Morgan fingerprint density at radius 1 is 1.33 bits per heavy atom. The molecule has 0 bridgehead atoms. The van der Waals surface area contributed by atoms with Crippen LogP contribution in [0.4, 0.5) is 11.6 Å². The van der Waals surface area contributed by atoms with Crippen molar-refractivity contribution in [1.29, 1.82) is 0 Å². The highest BCUT2D eigenvalue weighted by Crippen LogP contribution is 2.38. The number of hydrogen-bond acceptors (Lipinski definition) is 7. The number of nitrogen functional groups attached to an aromatic ring is 1. The molecular weight excluding hydrogens is 232 g/mol. The first-order chi connectivity index (χ1) is 8.85. The highest BCUT2D eigenvalue weighted by atomic mass is 16.5. The van der Waals surface area contributed by atoms with Gasteiger partial charge in [-0.25, -0.2) is 15.8 Å². The fourth-order valence-electron chi connectivity index (χ4n) is 1.66. The lowest BCUT2D eigenvalue weighted by atomic mass is 10.3. The Labute approximate surface area is 104 Å².